The SMILES string of the molecule is C=CC1(C)CCC2(OC(C=C(C)C)CC2=C)O1. The van der Waals surface area contributed by atoms with Gasteiger partial charge in [-0.15, -0.1) is 6.58 Å². The summed E-state index contributed by atoms with van der Waals surface area (Å²) in [6.45, 7) is 14.2. The normalized spacial score (nSPS) is 40.9. The number of rotatable bonds is 2. The van der Waals surface area contributed by atoms with Gasteiger partial charge in [-0.2, -0.15) is 0 Å². The van der Waals surface area contributed by atoms with Gasteiger partial charge in [0, 0.05) is 12.8 Å². The summed E-state index contributed by atoms with van der Waals surface area (Å²) < 4.78 is 12.2. The first-order valence-corrected chi connectivity index (χ1v) is 6.24. The van der Waals surface area contributed by atoms with Crippen molar-refractivity contribution in [3.05, 3.63) is 36.5 Å². The predicted molar refractivity (Wildman–Crippen MR) is 69.7 cm³/mol. The zero-order valence-corrected chi connectivity index (χ0v) is 11.1. The monoisotopic (exact) mass is 234 g/mol. The summed E-state index contributed by atoms with van der Waals surface area (Å²) in [7, 11) is 0. The standard InChI is InChI=1S/C15H22O2/c1-6-14(5)7-8-15(17-14)12(4)10-13(16-15)9-11(2)3/h6,9,13H,1,4,7-8,10H2,2-3,5H3. The highest BCUT2D eigenvalue weighted by atomic mass is 16.7. The van der Waals surface area contributed by atoms with Gasteiger partial charge in [-0.05, 0) is 32.8 Å². The van der Waals surface area contributed by atoms with E-state index in [1.54, 1.807) is 0 Å². The predicted octanol–water partition coefficient (Wildman–Crippen LogP) is 3.75. The first kappa shape index (κ1) is 12.6. The van der Waals surface area contributed by atoms with E-state index in [1.807, 2.05) is 6.08 Å². The maximum Gasteiger partial charge on any atom is 0.192 e. The molecule has 0 aromatic heterocycles. The molecule has 0 N–H and O–H groups in total. The lowest BCUT2D eigenvalue weighted by atomic mass is 9.99. The van der Waals surface area contributed by atoms with Crippen LogP contribution in [0, 0.1) is 0 Å². The van der Waals surface area contributed by atoms with E-state index in [4.69, 9.17) is 9.47 Å². The van der Waals surface area contributed by atoms with Gasteiger partial charge in [0.25, 0.3) is 0 Å². The molecule has 2 heteroatoms. The van der Waals surface area contributed by atoms with Gasteiger partial charge in [0.05, 0.1) is 11.7 Å². The lowest BCUT2D eigenvalue weighted by Crippen LogP contribution is -2.33. The van der Waals surface area contributed by atoms with Gasteiger partial charge in [0.2, 0.25) is 0 Å². The van der Waals surface area contributed by atoms with Gasteiger partial charge in [-0.1, -0.05) is 24.3 Å². The minimum Gasteiger partial charge on any atom is -0.338 e. The van der Waals surface area contributed by atoms with Crippen molar-refractivity contribution in [3.63, 3.8) is 0 Å². The number of hydrogen-bond acceptors (Lipinski definition) is 2. The molecule has 94 valence electrons. The third-order valence-corrected chi connectivity index (χ3v) is 3.63. The van der Waals surface area contributed by atoms with Crippen LogP contribution in [0.3, 0.4) is 0 Å². The van der Waals surface area contributed by atoms with E-state index >= 15 is 0 Å². The van der Waals surface area contributed by atoms with Crippen molar-refractivity contribution in [2.45, 2.75) is 57.5 Å². The molecule has 0 aliphatic carbocycles. The van der Waals surface area contributed by atoms with E-state index in [9.17, 15) is 0 Å². The Kier molecular flexibility index (Phi) is 3.04. The van der Waals surface area contributed by atoms with Gasteiger partial charge >= 0.3 is 0 Å². The van der Waals surface area contributed by atoms with E-state index in [1.165, 1.54) is 5.57 Å². The van der Waals surface area contributed by atoms with Crippen LogP contribution in [0.1, 0.15) is 40.0 Å². The largest absolute Gasteiger partial charge is 0.338 e. The Morgan fingerprint density at radius 1 is 1.41 bits per heavy atom. The summed E-state index contributed by atoms with van der Waals surface area (Å²) in [4.78, 5) is 0. The lowest BCUT2D eigenvalue weighted by molar-refractivity contribution is -0.204. The molecule has 0 amide bonds. The van der Waals surface area contributed by atoms with Crippen LogP contribution in [-0.4, -0.2) is 17.5 Å². The molecular formula is C15H22O2. The van der Waals surface area contributed by atoms with Crippen molar-refractivity contribution in [2.75, 3.05) is 0 Å². The first-order valence-electron chi connectivity index (χ1n) is 6.24. The highest BCUT2D eigenvalue weighted by Gasteiger charge is 2.52. The van der Waals surface area contributed by atoms with Crippen molar-refractivity contribution in [1.82, 2.24) is 0 Å². The Bertz CT molecular complexity index is 378. The van der Waals surface area contributed by atoms with Crippen LogP contribution in [0.2, 0.25) is 0 Å². The van der Waals surface area contributed by atoms with Gasteiger partial charge in [-0.25, -0.2) is 0 Å². The van der Waals surface area contributed by atoms with Crippen molar-refractivity contribution in [2.24, 2.45) is 0 Å². The first-order chi connectivity index (χ1) is 7.89. The third-order valence-electron chi connectivity index (χ3n) is 3.63. The van der Waals surface area contributed by atoms with Crippen LogP contribution in [0.4, 0.5) is 0 Å². The van der Waals surface area contributed by atoms with E-state index in [2.05, 4.69) is 40.0 Å². The number of allylic oxidation sites excluding steroid dienone is 1. The molecule has 2 aliphatic rings. The fourth-order valence-corrected chi connectivity index (χ4v) is 2.60. The van der Waals surface area contributed by atoms with E-state index in [-0.39, 0.29) is 11.7 Å². The zero-order valence-electron chi connectivity index (χ0n) is 11.1. The Morgan fingerprint density at radius 2 is 2.12 bits per heavy atom. The molecule has 0 aromatic rings. The lowest BCUT2D eigenvalue weighted by Gasteiger charge is -2.28. The molecule has 2 aliphatic heterocycles. The van der Waals surface area contributed by atoms with E-state index < -0.39 is 5.79 Å². The molecule has 0 saturated carbocycles. The average Bonchev–Trinajstić information content (AvgIpc) is 2.70. The second kappa shape index (κ2) is 4.11. The number of ether oxygens (including phenoxy) is 2. The summed E-state index contributed by atoms with van der Waals surface area (Å²) >= 11 is 0. The summed E-state index contributed by atoms with van der Waals surface area (Å²) in [5.74, 6) is -0.570. The van der Waals surface area contributed by atoms with Gasteiger partial charge < -0.3 is 9.47 Å². The van der Waals surface area contributed by atoms with Crippen LogP contribution in [0.25, 0.3) is 0 Å². The molecule has 3 atom stereocenters. The molecule has 1 spiro atoms. The zero-order chi connectivity index (χ0) is 12.7. The summed E-state index contributed by atoms with van der Waals surface area (Å²) in [5.41, 5.74) is 2.05. The summed E-state index contributed by atoms with van der Waals surface area (Å²) in [5, 5.41) is 0. The van der Waals surface area contributed by atoms with Gasteiger partial charge in [0.15, 0.2) is 5.79 Å². The summed E-state index contributed by atoms with van der Waals surface area (Å²) in [6, 6.07) is 0. The molecular weight excluding hydrogens is 212 g/mol. The Balaban J connectivity index is 2.16. The topological polar surface area (TPSA) is 18.5 Å². The summed E-state index contributed by atoms with van der Waals surface area (Å²) in [6.07, 6.45) is 6.80. The third kappa shape index (κ3) is 2.24. The average molecular weight is 234 g/mol. The van der Waals surface area contributed by atoms with Crippen molar-refractivity contribution in [3.8, 4) is 0 Å². The van der Waals surface area contributed by atoms with Crippen molar-refractivity contribution >= 4 is 0 Å². The molecule has 2 fully saturated rings. The maximum atomic E-state index is 6.10. The minimum atomic E-state index is -0.570. The van der Waals surface area contributed by atoms with Gasteiger partial charge in [-0.3, -0.25) is 0 Å². The molecule has 2 heterocycles. The molecule has 0 radical (unpaired) electrons. The van der Waals surface area contributed by atoms with Crippen LogP contribution < -0.4 is 0 Å². The Labute approximate surface area is 104 Å². The van der Waals surface area contributed by atoms with E-state index in [0.717, 1.165) is 24.8 Å². The molecule has 2 saturated heterocycles. The maximum absolute atomic E-state index is 6.10. The van der Waals surface area contributed by atoms with Crippen LogP contribution >= 0.6 is 0 Å². The molecule has 17 heavy (non-hydrogen) atoms. The molecule has 3 unspecified atom stereocenters. The van der Waals surface area contributed by atoms with Crippen LogP contribution in [0.5, 0.6) is 0 Å². The minimum absolute atomic E-state index is 0.111. The molecule has 2 nitrogen and oxygen atoms in total. The number of hydrogen-bond donors (Lipinski definition) is 0. The highest BCUT2D eigenvalue weighted by Crippen LogP contribution is 2.49. The van der Waals surface area contributed by atoms with Crippen LogP contribution in [0.15, 0.2) is 36.5 Å². The van der Waals surface area contributed by atoms with E-state index in [0.29, 0.717) is 0 Å². The van der Waals surface area contributed by atoms with Gasteiger partial charge in [0.1, 0.15) is 0 Å². The highest BCUT2D eigenvalue weighted by molar-refractivity contribution is 5.23. The molecule has 0 aromatic carbocycles. The second-order valence-electron chi connectivity index (χ2n) is 5.58. The smallest absolute Gasteiger partial charge is 0.192 e. The van der Waals surface area contributed by atoms with Crippen molar-refractivity contribution < 1.29 is 9.47 Å². The fourth-order valence-electron chi connectivity index (χ4n) is 2.60. The Morgan fingerprint density at radius 3 is 2.65 bits per heavy atom. The second-order valence-corrected chi connectivity index (χ2v) is 5.58. The fraction of sp³-hybridized carbons (Fsp3) is 0.600. The Hall–Kier alpha value is -0.860. The van der Waals surface area contributed by atoms with Crippen LogP contribution in [-0.2, 0) is 9.47 Å². The molecule has 0 bridgehead atoms. The van der Waals surface area contributed by atoms with Crippen molar-refractivity contribution in [1.29, 1.82) is 0 Å². The molecule has 2 rings (SSSR count). The quantitative estimate of drug-likeness (QED) is 0.677.